The fraction of sp³-hybridized carbons (Fsp3) is 0.600. The number of halogens is 1. The van der Waals surface area contributed by atoms with Crippen molar-refractivity contribution in [2.75, 3.05) is 5.73 Å². The van der Waals surface area contributed by atoms with Crippen molar-refractivity contribution in [1.82, 2.24) is 0 Å². The molecule has 0 radical (unpaired) electrons. The van der Waals surface area contributed by atoms with Crippen LogP contribution in [0.15, 0.2) is 22.7 Å². The molecule has 19 heavy (non-hydrogen) atoms. The number of hydrogen-bond donors (Lipinski definition) is 2. The molecule has 4 heteroatoms. The van der Waals surface area contributed by atoms with Crippen LogP contribution in [0, 0.1) is 5.92 Å². The first-order valence-corrected chi connectivity index (χ1v) is 7.35. The summed E-state index contributed by atoms with van der Waals surface area (Å²) in [5.41, 5.74) is 6.81. The van der Waals surface area contributed by atoms with E-state index in [1.807, 2.05) is 32.0 Å². The highest BCUT2D eigenvalue weighted by Gasteiger charge is 2.49. The van der Waals surface area contributed by atoms with Gasteiger partial charge in [0.05, 0.1) is 17.3 Å². The zero-order chi connectivity index (χ0) is 14.4. The Morgan fingerprint density at radius 1 is 1.37 bits per heavy atom. The molecule has 1 aliphatic heterocycles. The predicted molar refractivity (Wildman–Crippen MR) is 80.9 cm³/mol. The molecule has 1 heterocycles. The van der Waals surface area contributed by atoms with Gasteiger partial charge in [-0.25, -0.2) is 0 Å². The number of benzene rings is 1. The molecule has 1 fully saturated rings. The van der Waals surface area contributed by atoms with Crippen LogP contribution in [0.1, 0.15) is 45.8 Å². The Morgan fingerprint density at radius 2 is 2.00 bits per heavy atom. The largest absolute Gasteiger partial charge is 0.398 e. The number of nitrogens with two attached hydrogens (primary N) is 1. The summed E-state index contributed by atoms with van der Waals surface area (Å²) in [6, 6.07) is 5.59. The molecular formula is C15H22BrNO2. The maximum atomic E-state index is 10.7. The van der Waals surface area contributed by atoms with Crippen LogP contribution in [0.5, 0.6) is 0 Å². The second-order valence-electron chi connectivity index (χ2n) is 6.49. The Morgan fingerprint density at radius 3 is 2.53 bits per heavy atom. The summed E-state index contributed by atoms with van der Waals surface area (Å²) >= 11 is 3.43. The first-order valence-electron chi connectivity index (χ1n) is 6.55. The van der Waals surface area contributed by atoms with E-state index in [9.17, 15) is 5.11 Å². The third-order valence-corrected chi connectivity index (χ3v) is 4.39. The number of hydrogen-bond acceptors (Lipinski definition) is 3. The molecule has 2 unspecified atom stereocenters. The van der Waals surface area contributed by atoms with Gasteiger partial charge < -0.3 is 15.6 Å². The molecular weight excluding hydrogens is 306 g/mol. The minimum atomic E-state index is -0.616. The van der Waals surface area contributed by atoms with E-state index in [4.69, 9.17) is 10.5 Å². The summed E-state index contributed by atoms with van der Waals surface area (Å²) in [7, 11) is 0. The fourth-order valence-corrected chi connectivity index (χ4v) is 3.49. The zero-order valence-electron chi connectivity index (χ0n) is 11.9. The number of aliphatic hydroxyl groups excluding tert-OH is 1. The van der Waals surface area contributed by atoms with Gasteiger partial charge in [0.25, 0.3) is 0 Å². The topological polar surface area (TPSA) is 55.5 Å². The van der Waals surface area contributed by atoms with Crippen molar-refractivity contribution < 1.29 is 9.84 Å². The number of ether oxygens (including phenoxy) is 1. The molecule has 3 N–H and O–H groups in total. The van der Waals surface area contributed by atoms with Gasteiger partial charge in [0, 0.05) is 21.6 Å². The molecule has 3 nitrogen and oxygen atoms in total. The van der Waals surface area contributed by atoms with Crippen LogP contribution >= 0.6 is 15.9 Å². The lowest BCUT2D eigenvalue weighted by Gasteiger charge is -2.31. The minimum Gasteiger partial charge on any atom is -0.398 e. The van der Waals surface area contributed by atoms with Crippen LogP contribution in [-0.2, 0) is 4.74 Å². The molecule has 0 amide bonds. The van der Waals surface area contributed by atoms with E-state index in [0.717, 1.165) is 16.5 Å². The van der Waals surface area contributed by atoms with E-state index in [1.54, 1.807) is 0 Å². The summed E-state index contributed by atoms with van der Waals surface area (Å²) in [5, 5.41) is 10.7. The van der Waals surface area contributed by atoms with Gasteiger partial charge in [0.1, 0.15) is 0 Å². The molecule has 1 aliphatic rings. The molecule has 2 atom stereocenters. The average Bonchev–Trinajstić information content (AvgIpc) is 2.49. The summed E-state index contributed by atoms with van der Waals surface area (Å²) in [6.45, 7) is 8.19. The summed E-state index contributed by atoms with van der Waals surface area (Å²) in [4.78, 5) is 0. The first kappa shape index (κ1) is 14.8. The monoisotopic (exact) mass is 327 g/mol. The number of nitrogen functional groups attached to an aromatic ring is 1. The normalized spacial score (nSPS) is 26.3. The number of anilines is 1. The average molecular weight is 328 g/mol. The zero-order valence-corrected chi connectivity index (χ0v) is 13.5. The van der Waals surface area contributed by atoms with E-state index in [0.29, 0.717) is 5.69 Å². The van der Waals surface area contributed by atoms with Crippen molar-refractivity contribution in [2.24, 2.45) is 5.92 Å². The molecule has 0 saturated carbocycles. The van der Waals surface area contributed by atoms with Gasteiger partial charge in [-0.3, -0.25) is 0 Å². The molecule has 2 rings (SSSR count). The molecule has 106 valence electrons. The highest BCUT2D eigenvalue weighted by molar-refractivity contribution is 9.10. The van der Waals surface area contributed by atoms with Gasteiger partial charge in [-0.05, 0) is 52.3 Å². The fourth-order valence-electron chi connectivity index (χ4n) is 3.12. The van der Waals surface area contributed by atoms with Gasteiger partial charge in [0.2, 0.25) is 0 Å². The quantitative estimate of drug-likeness (QED) is 0.815. The molecule has 1 saturated heterocycles. The molecule has 1 aromatic rings. The second-order valence-corrected chi connectivity index (χ2v) is 7.41. The van der Waals surface area contributed by atoms with E-state index < -0.39 is 6.10 Å². The van der Waals surface area contributed by atoms with Gasteiger partial charge in [-0.1, -0.05) is 15.9 Å². The SMILES string of the molecule is CC1(C)CC(C(O)c2cc(Br)ccc2N)C(C)(C)O1. The van der Waals surface area contributed by atoms with E-state index >= 15 is 0 Å². The number of rotatable bonds is 2. The summed E-state index contributed by atoms with van der Waals surface area (Å²) in [5.74, 6) is 0.0269. The molecule has 0 bridgehead atoms. The smallest absolute Gasteiger partial charge is 0.0866 e. The van der Waals surface area contributed by atoms with Crippen LogP contribution in [-0.4, -0.2) is 16.3 Å². The van der Waals surface area contributed by atoms with E-state index in [-0.39, 0.29) is 17.1 Å². The minimum absolute atomic E-state index is 0.0269. The lowest BCUT2D eigenvalue weighted by molar-refractivity contribution is -0.0879. The van der Waals surface area contributed by atoms with E-state index in [2.05, 4.69) is 29.8 Å². The van der Waals surface area contributed by atoms with Gasteiger partial charge in [-0.15, -0.1) is 0 Å². The Bertz CT molecular complexity index is 485. The maximum absolute atomic E-state index is 10.7. The third kappa shape index (κ3) is 2.96. The first-order chi connectivity index (χ1) is 8.62. The third-order valence-electron chi connectivity index (χ3n) is 3.89. The van der Waals surface area contributed by atoms with Crippen molar-refractivity contribution in [2.45, 2.75) is 51.4 Å². The summed E-state index contributed by atoms with van der Waals surface area (Å²) < 4.78 is 6.97. The Kier molecular flexibility index (Phi) is 3.71. The molecule has 0 aromatic heterocycles. The lowest BCUT2D eigenvalue weighted by atomic mass is 9.80. The highest BCUT2D eigenvalue weighted by atomic mass is 79.9. The Labute approximate surface area is 123 Å². The highest BCUT2D eigenvalue weighted by Crippen LogP contribution is 2.48. The maximum Gasteiger partial charge on any atom is 0.0866 e. The van der Waals surface area contributed by atoms with Crippen LogP contribution < -0.4 is 5.73 Å². The van der Waals surface area contributed by atoms with Gasteiger partial charge in [-0.2, -0.15) is 0 Å². The number of aliphatic hydroxyl groups is 1. The van der Waals surface area contributed by atoms with Gasteiger partial charge >= 0.3 is 0 Å². The van der Waals surface area contributed by atoms with Crippen LogP contribution in [0.2, 0.25) is 0 Å². The Balaban J connectivity index is 2.34. The van der Waals surface area contributed by atoms with Gasteiger partial charge in [0.15, 0.2) is 0 Å². The van der Waals surface area contributed by atoms with E-state index in [1.165, 1.54) is 0 Å². The standard InChI is InChI=1S/C15H22BrNO2/c1-14(2)8-11(15(3,4)19-14)13(18)10-7-9(16)5-6-12(10)17/h5-7,11,13,18H,8,17H2,1-4H3. The molecule has 0 aliphatic carbocycles. The predicted octanol–water partition coefficient (Wildman–Crippen LogP) is 3.66. The summed E-state index contributed by atoms with van der Waals surface area (Å²) in [6.07, 6.45) is 0.196. The Hall–Kier alpha value is -0.580. The van der Waals surface area contributed by atoms with Crippen LogP contribution in [0.25, 0.3) is 0 Å². The van der Waals surface area contributed by atoms with Crippen molar-refractivity contribution in [1.29, 1.82) is 0 Å². The van der Waals surface area contributed by atoms with Crippen molar-refractivity contribution in [3.63, 3.8) is 0 Å². The van der Waals surface area contributed by atoms with Crippen LogP contribution in [0.3, 0.4) is 0 Å². The van der Waals surface area contributed by atoms with Crippen molar-refractivity contribution in [3.05, 3.63) is 28.2 Å². The second kappa shape index (κ2) is 4.76. The molecule has 0 spiro atoms. The van der Waals surface area contributed by atoms with Crippen molar-refractivity contribution in [3.8, 4) is 0 Å². The molecule has 1 aromatic carbocycles. The lowest BCUT2D eigenvalue weighted by Crippen LogP contribution is -2.32. The van der Waals surface area contributed by atoms with Crippen molar-refractivity contribution >= 4 is 21.6 Å². The van der Waals surface area contributed by atoms with Crippen LogP contribution in [0.4, 0.5) is 5.69 Å².